The molecular formula is C18H20N4O3. The van der Waals surface area contributed by atoms with E-state index in [0.717, 1.165) is 16.8 Å². The molecule has 0 saturated carbocycles. The molecule has 25 heavy (non-hydrogen) atoms. The van der Waals surface area contributed by atoms with Crippen LogP contribution in [0.4, 0.5) is 16.2 Å². The first-order valence-corrected chi connectivity index (χ1v) is 8.04. The maximum atomic E-state index is 12.3. The molecule has 0 bridgehead atoms. The first-order valence-electron chi connectivity index (χ1n) is 8.04. The molecule has 130 valence electrons. The molecule has 3 aromatic rings. The Labute approximate surface area is 145 Å². The third kappa shape index (κ3) is 3.55. The van der Waals surface area contributed by atoms with Crippen LogP contribution in [-0.4, -0.2) is 16.2 Å². The minimum Gasteiger partial charge on any atom is -0.444 e. The lowest BCUT2D eigenvalue weighted by Gasteiger charge is -2.09. The number of carbonyl (C=O) groups is 1. The third-order valence-electron chi connectivity index (χ3n) is 3.84. The van der Waals surface area contributed by atoms with E-state index in [9.17, 15) is 4.79 Å². The fourth-order valence-corrected chi connectivity index (χ4v) is 2.50. The number of nitrogens with one attached hydrogen (secondary N) is 2. The van der Waals surface area contributed by atoms with E-state index in [1.54, 1.807) is 13.2 Å². The van der Waals surface area contributed by atoms with E-state index in [4.69, 9.17) is 8.94 Å². The predicted molar refractivity (Wildman–Crippen MR) is 94.7 cm³/mol. The number of carbonyl (C=O) groups excluding carboxylic acids is 1. The van der Waals surface area contributed by atoms with E-state index in [-0.39, 0.29) is 6.03 Å². The summed E-state index contributed by atoms with van der Waals surface area (Å²) in [5.74, 6) is 1.18. The van der Waals surface area contributed by atoms with Crippen LogP contribution in [0.3, 0.4) is 0 Å². The van der Waals surface area contributed by atoms with Gasteiger partial charge < -0.3 is 19.6 Å². The number of amides is 2. The van der Waals surface area contributed by atoms with Gasteiger partial charge in [0.05, 0.1) is 5.69 Å². The van der Waals surface area contributed by atoms with Crippen LogP contribution in [0.1, 0.15) is 29.6 Å². The molecule has 0 unspecified atom stereocenters. The van der Waals surface area contributed by atoms with E-state index in [2.05, 4.69) is 20.8 Å². The summed E-state index contributed by atoms with van der Waals surface area (Å²) < 4.78 is 10.6. The zero-order chi connectivity index (χ0) is 18.0. The number of hydrogen-bond donors (Lipinski definition) is 2. The summed E-state index contributed by atoms with van der Waals surface area (Å²) in [4.78, 5) is 16.6. The van der Waals surface area contributed by atoms with Gasteiger partial charge in [-0.1, -0.05) is 18.1 Å². The Hall–Kier alpha value is -3.09. The fourth-order valence-electron chi connectivity index (χ4n) is 2.50. The maximum absolute atomic E-state index is 12.3. The minimum absolute atomic E-state index is 0.362. The molecule has 7 nitrogen and oxygen atoms in total. The average Bonchev–Trinajstić information content (AvgIpc) is 3.16. The first-order chi connectivity index (χ1) is 12.0. The normalized spacial score (nSPS) is 10.7. The summed E-state index contributed by atoms with van der Waals surface area (Å²) in [5, 5.41) is 9.48. The van der Waals surface area contributed by atoms with Crippen molar-refractivity contribution >= 4 is 17.4 Å². The number of nitrogens with zero attached hydrogens (tertiary/aromatic N) is 2. The molecule has 2 amide bonds. The van der Waals surface area contributed by atoms with Gasteiger partial charge >= 0.3 is 6.03 Å². The zero-order valence-electron chi connectivity index (χ0n) is 14.6. The van der Waals surface area contributed by atoms with Gasteiger partial charge in [0, 0.05) is 17.7 Å². The SMILES string of the molecule is CCc1onc(C)c1NC(=O)Nc1ccc(C)c(-c2nc(C)co2)c1. The number of hydrogen-bond acceptors (Lipinski definition) is 5. The van der Waals surface area contributed by atoms with Gasteiger partial charge in [0.1, 0.15) is 17.6 Å². The van der Waals surface area contributed by atoms with Crippen molar-refractivity contribution in [2.45, 2.75) is 34.1 Å². The highest BCUT2D eigenvalue weighted by Crippen LogP contribution is 2.26. The van der Waals surface area contributed by atoms with Gasteiger partial charge in [-0.3, -0.25) is 0 Å². The monoisotopic (exact) mass is 340 g/mol. The Balaban J connectivity index is 1.79. The van der Waals surface area contributed by atoms with Crippen molar-refractivity contribution in [2.75, 3.05) is 10.6 Å². The molecule has 0 atom stereocenters. The lowest BCUT2D eigenvalue weighted by Crippen LogP contribution is -2.20. The van der Waals surface area contributed by atoms with E-state index in [1.807, 2.05) is 39.0 Å². The molecule has 0 saturated heterocycles. The first kappa shape index (κ1) is 16.8. The number of benzene rings is 1. The Morgan fingerprint density at radius 3 is 2.68 bits per heavy atom. The highest BCUT2D eigenvalue weighted by Gasteiger charge is 2.15. The van der Waals surface area contributed by atoms with Crippen LogP contribution in [0.5, 0.6) is 0 Å². The smallest absolute Gasteiger partial charge is 0.323 e. The minimum atomic E-state index is -0.362. The standard InChI is InChI=1S/C18H20N4O3/c1-5-15-16(12(4)22-25-15)21-18(23)20-13-7-6-10(2)14(8-13)17-19-11(3)9-24-17/h6-9H,5H2,1-4H3,(H2,20,21,23). The zero-order valence-corrected chi connectivity index (χ0v) is 14.6. The molecule has 2 heterocycles. The molecule has 0 aliphatic carbocycles. The molecule has 1 aromatic carbocycles. The third-order valence-corrected chi connectivity index (χ3v) is 3.84. The second-order valence-electron chi connectivity index (χ2n) is 5.82. The summed E-state index contributed by atoms with van der Waals surface area (Å²) in [5.41, 5.74) is 4.54. The van der Waals surface area contributed by atoms with Crippen molar-refractivity contribution in [1.29, 1.82) is 0 Å². The molecule has 3 rings (SSSR count). The molecule has 2 N–H and O–H groups in total. The predicted octanol–water partition coefficient (Wildman–Crippen LogP) is 4.46. The number of urea groups is 1. The quantitative estimate of drug-likeness (QED) is 0.731. The Bertz CT molecular complexity index is 911. The molecular weight excluding hydrogens is 320 g/mol. The summed E-state index contributed by atoms with van der Waals surface area (Å²) in [6.07, 6.45) is 2.25. The number of aryl methyl sites for hydroxylation is 4. The Morgan fingerprint density at radius 1 is 1.20 bits per heavy atom. The molecule has 0 radical (unpaired) electrons. The Morgan fingerprint density at radius 2 is 2.00 bits per heavy atom. The lowest BCUT2D eigenvalue weighted by atomic mass is 10.1. The van der Waals surface area contributed by atoms with Crippen LogP contribution in [-0.2, 0) is 6.42 Å². The van der Waals surface area contributed by atoms with E-state index in [1.165, 1.54) is 0 Å². The largest absolute Gasteiger partial charge is 0.444 e. The summed E-state index contributed by atoms with van der Waals surface area (Å²) in [6.45, 7) is 7.55. The van der Waals surface area contributed by atoms with Crippen LogP contribution >= 0.6 is 0 Å². The van der Waals surface area contributed by atoms with Gasteiger partial charge in [0.25, 0.3) is 0 Å². The van der Waals surface area contributed by atoms with E-state index >= 15 is 0 Å². The van der Waals surface area contributed by atoms with Gasteiger partial charge in [-0.05, 0) is 38.5 Å². The van der Waals surface area contributed by atoms with Gasteiger partial charge in [0.2, 0.25) is 5.89 Å². The van der Waals surface area contributed by atoms with Crippen molar-refractivity contribution in [2.24, 2.45) is 0 Å². The van der Waals surface area contributed by atoms with Crippen LogP contribution in [0.25, 0.3) is 11.5 Å². The van der Waals surface area contributed by atoms with Gasteiger partial charge in [0.15, 0.2) is 5.76 Å². The highest BCUT2D eigenvalue weighted by molar-refractivity contribution is 6.00. The summed E-state index contributed by atoms with van der Waals surface area (Å²) in [6, 6.07) is 5.21. The van der Waals surface area contributed by atoms with Crippen molar-refractivity contribution in [3.8, 4) is 11.5 Å². The van der Waals surface area contributed by atoms with Crippen molar-refractivity contribution < 1.29 is 13.7 Å². The van der Waals surface area contributed by atoms with E-state index in [0.29, 0.717) is 35.1 Å². The summed E-state index contributed by atoms with van der Waals surface area (Å²) in [7, 11) is 0. The van der Waals surface area contributed by atoms with Crippen molar-refractivity contribution in [1.82, 2.24) is 10.1 Å². The van der Waals surface area contributed by atoms with Crippen molar-refractivity contribution in [3.05, 3.63) is 47.2 Å². The lowest BCUT2D eigenvalue weighted by molar-refractivity contribution is 0.262. The van der Waals surface area contributed by atoms with Crippen LogP contribution in [0.2, 0.25) is 0 Å². The topological polar surface area (TPSA) is 93.2 Å². The van der Waals surface area contributed by atoms with Crippen molar-refractivity contribution in [3.63, 3.8) is 0 Å². The number of oxazole rings is 1. The van der Waals surface area contributed by atoms with Crippen LogP contribution in [0.15, 0.2) is 33.4 Å². The molecule has 7 heteroatoms. The summed E-state index contributed by atoms with van der Waals surface area (Å²) >= 11 is 0. The van der Waals surface area contributed by atoms with Gasteiger partial charge in [-0.25, -0.2) is 9.78 Å². The maximum Gasteiger partial charge on any atom is 0.323 e. The molecule has 0 aliphatic heterocycles. The Kier molecular flexibility index (Phi) is 4.56. The fraction of sp³-hybridized carbons (Fsp3) is 0.278. The molecule has 0 fully saturated rings. The number of aromatic nitrogens is 2. The molecule has 2 aromatic heterocycles. The number of rotatable bonds is 4. The second-order valence-corrected chi connectivity index (χ2v) is 5.82. The second kappa shape index (κ2) is 6.80. The van der Waals surface area contributed by atoms with E-state index < -0.39 is 0 Å². The average molecular weight is 340 g/mol. The highest BCUT2D eigenvalue weighted by atomic mass is 16.5. The molecule has 0 spiro atoms. The van der Waals surface area contributed by atoms with Crippen LogP contribution < -0.4 is 10.6 Å². The van der Waals surface area contributed by atoms with Crippen LogP contribution in [0, 0.1) is 20.8 Å². The molecule has 0 aliphatic rings. The van der Waals surface area contributed by atoms with Gasteiger partial charge in [-0.2, -0.15) is 0 Å². The van der Waals surface area contributed by atoms with Gasteiger partial charge in [-0.15, -0.1) is 0 Å². The number of anilines is 2.